The molecule has 5 heteroatoms. The lowest BCUT2D eigenvalue weighted by atomic mass is 9.78. The Bertz CT molecular complexity index is 1160. The Kier molecular flexibility index (Phi) is 6.08. The molecular formula is C27H22N2O3. The third kappa shape index (κ3) is 4.14. The number of benzene rings is 4. The number of aromatic carboxylic acids is 1. The maximum Gasteiger partial charge on any atom is 0.335 e. The molecular weight excluding hydrogens is 400 g/mol. The molecule has 1 N–H and O–H groups in total. The maximum atomic E-state index is 11.2. The first-order valence-electron chi connectivity index (χ1n) is 10.2. The zero-order valence-corrected chi connectivity index (χ0v) is 17.6. The minimum atomic E-state index is -0.977. The van der Waals surface area contributed by atoms with Crippen molar-refractivity contribution >= 4 is 11.7 Å². The van der Waals surface area contributed by atoms with E-state index in [0.717, 1.165) is 22.4 Å². The van der Waals surface area contributed by atoms with E-state index in [9.17, 15) is 4.79 Å². The number of carbonyl (C=O) groups is 1. The van der Waals surface area contributed by atoms with Gasteiger partial charge in [-0.2, -0.15) is 10.2 Å². The summed E-state index contributed by atoms with van der Waals surface area (Å²) >= 11 is 0. The maximum absolute atomic E-state index is 11.2. The highest BCUT2D eigenvalue weighted by molar-refractivity contribution is 5.87. The van der Waals surface area contributed by atoms with Crippen molar-refractivity contribution in [1.82, 2.24) is 0 Å². The summed E-state index contributed by atoms with van der Waals surface area (Å²) < 4.78 is 5.35. The first kappa shape index (κ1) is 21.0. The second-order valence-corrected chi connectivity index (χ2v) is 7.22. The molecule has 0 aromatic heterocycles. The van der Waals surface area contributed by atoms with Gasteiger partial charge in [-0.15, -0.1) is 0 Å². The standard InChI is InChI=1S/C27H22N2O3/c1-32-25-18-14-23(15-19-25)27(21-8-4-2-5-9-21,22-10-6-3-7-11-22)29-28-24-16-12-20(13-17-24)26(30)31/h2-19H,1H3,(H,30,31)/b29-28+. The topological polar surface area (TPSA) is 71.2 Å². The Morgan fingerprint density at radius 3 is 1.69 bits per heavy atom. The number of nitrogens with zero attached hydrogens (tertiary/aromatic N) is 2. The molecule has 0 saturated carbocycles. The number of ether oxygens (including phenoxy) is 1. The Labute approximate surface area is 186 Å². The van der Waals surface area contributed by atoms with Gasteiger partial charge in [-0.3, -0.25) is 0 Å². The van der Waals surface area contributed by atoms with Crippen LogP contribution >= 0.6 is 0 Å². The van der Waals surface area contributed by atoms with E-state index in [2.05, 4.69) is 5.11 Å². The van der Waals surface area contributed by atoms with E-state index in [1.165, 1.54) is 12.1 Å². The molecule has 32 heavy (non-hydrogen) atoms. The molecule has 0 aliphatic rings. The summed E-state index contributed by atoms with van der Waals surface area (Å²) in [4.78, 5) is 11.2. The third-order valence-corrected chi connectivity index (χ3v) is 5.32. The van der Waals surface area contributed by atoms with Crippen molar-refractivity contribution in [2.45, 2.75) is 5.54 Å². The number of hydrogen-bond acceptors (Lipinski definition) is 4. The van der Waals surface area contributed by atoms with E-state index in [1.54, 1.807) is 19.2 Å². The summed E-state index contributed by atoms with van der Waals surface area (Å²) in [6.45, 7) is 0. The number of methoxy groups -OCH3 is 1. The average Bonchev–Trinajstić information content (AvgIpc) is 2.86. The second-order valence-electron chi connectivity index (χ2n) is 7.22. The first-order chi connectivity index (χ1) is 15.6. The van der Waals surface area contributed by atoms with Crippen LogP contribution in [0, 0.1) is 0 Å². The van der Waals surface area contributed by atoms with Crippen LogP contribution in [0.25, 0.3) is 0 Å². The monoisotopic (exact) mass is 422 g/mol. The lowest BCUT2D eigenvalue weighted by Gasteiger charge is -2.30. The van der Waals surface area contributed by atoms with E-state index in [1.807, 2.05) is 84.9 Å². The Morgan fingerprint density at radius 2 is 1.22 bits per heavy atom. The minimum Gasteiger partial charge on any atom is -0.497 e. The van der Waals surface area contributed by atoms with Crippen LogP contribution in [-0.4, -0.2) is 18.2 Å². The molecule has 0 heterocycles. The summed E-state index contributed by atoms with van der Waals surface area (Å²) in [5.41, 5.74) is 2.72. The molecule has 0 amide bonds. The van der Waals surface area contributed by atoms with Crippen molar-refractivity contribution in [1.29, 1.82) is 0 Å². The highest BCUT2D eigenvalue weighted by atomic mass is 16.5. The van der Waals surface area contributed by atoms with Crippen molar-refractivity contribution in [3.8, 4) is 5.75 Å². The largest absolute Gasteiger partial charge is 0.497 e. The van der Waals surface area contributed by atoms with Crippen LogP contribution in [0.15, 0.2) is 119 Å². The lowest BCUT2D eigenvalue weighted by Crippen LogP contribution is -2.26. The van der Waals surface area contributed by atoms with Gasteiger partial charge in [0.1, 0.15) is 5.75 Å². The van der Waals surface area contributed by atoms with Gasteiger partial charge in [-0.25, -0.2) is 4.79 Å². The van der Waals surface area contributed by atoms with E-state index < -0.39 is 11.5 Å². The molecule has 0 aliphatic carbocycles. The number of azo groups is 1. The molecule has 4 aromatic rings. The summed E-state index contributed by atoms with van der Waals surface area (Å²) in [7, 11) is 1.64. The first-order valence-corrected chi connectivity index (χ1v) is 10.2. The van der Waals surface area contributed by atoms with Crippen LogP contribution in [-0.2, 0) is 5.54 Å². The fourth-order valence-electron chi connectivity index (χ4n) is 3.67. The average molecular weight is 422 g/mol. The van der Waals surface area contributed by atoms with Crippen LogP contribution in [0.3, 0.4) is 0 Å². The molecule has 0 bridgehead atoms. The summed E-state index contributed by atoms with van der Waals surface area (Å²) in [5.74, 6) is -0.223. The number of carboxylic acids is 1. The van der Waals surface area contributed by atoms with E-state index in [0.29, 0.717) is 5.69 Å². The quantitative estimate of drug-likeness (QED) is 0.274. The fraction of sp³-hybridized carbons (Fsp3) is 0.0741. The second kappa shape index (κ2) is 9.27. The van der Waals surface area contributed by atoms with Crippen LogP contribution < -0.4 is 4.74 Å². The molecule has 0 aliphatic heterocycles. The Balaban J connectivity index is 1.92. The predicted molar refractivity (Wildman–Crippen MR) is 124 cm³/mol. The van der Waals surface area contributed by atoms with Crippen molar-refractivity contribution < 1.29 is 14.6 Å². The number of rotatable bonds is 7. The molecule has 0 atom stereocenters. The molecule has 0 fully saturated rings. The Morgan fingerprint density at radius 1 is 0.719 bits per heavy atom. The molecule has 0 saturated heterocycles. The molecule has 4 rings (SSSR count). The van der Waals surface area contributed by atoms with Crippen molar-refractivity contribution in [2.75, 3.05) is 7.11 Å². The fourth-order valence-corrected chi connectivity index (χ4v) is 3.67. The summed E-state index contributed by atoms with van der Waals surface area (Å²) in [5, 5.41) is 18.6. The molecule has 5 nitrogen and oxygen atoms in total. The van der Waals surface area contributed by atoms with E-state index in [4.69, 9.17) is 15.0 Å². The van der Waals surface area contributed by atoms with Gasteiger partial charge in [-0.05, 0) is 53.1 Å². The van der Waals surface area contributed by atoms with Crippen LogP contribution in [0.1, 0.15) is 27.0 Å². The SMILES string of the molecule is COc1ccc(C(/N=N/c2ccc(C(=O)O)cc2)(c2ccccc2)c2ccccc2)cc1. The molecule has 0 unspecified atom stereocenters. The zero-order chi connectivity index (χ0) is 22.4. The van der Waals surface area contributed by atoms with Crippen molar-refractivity contribution in [2.24, 2.45) is 10.2 Å². The van der Waals surface area contributed by atoms with E-state index >= 15 is 0 Å². The highest BCUT2D eigenvalue weighted by Gasteiger charge is 2.37. The van der Waals surface area contributed by atoms with Gasteiger partial charge in [0.2, 0.25) is 0 Å². The van der Waals surface area contributed by atoms with Gasteiger partial charge >= 0.3 is 5.97 Å². The smallest absolute Gasteiger partial charge is 0.335 e. The van der Waals surface area contributed by atoms with Gasteiger partial charge in [0.25, 0.3) is 0 Å². The predicted octanol–water partition coefficient (Wildman–Crippen LogP) is 6.47. The highest BCUT2D eigenvalue weighted by Crippen LogP contribution is 2.42. The molecule has 158 valence electrons. The van der Waals surface area contributed by atoms with Gasteiger partial charge in [0.05, 0.1) is 18.4 Å². The molecule has 0 radical (unpaired) electrons. The van der Waals surface area contributed by atoms with Crippen molar-refractivity contribution in [3.05, 3.63) is 131 Å². The Hall–Kier alpha value is -4.25. The molecule has 4 aromatic carbocycles. The van der Waals surface area contributed by atoms with Crippen LogP contribution in [0.2, 0.25) is 0 Å². The van der Waals surface area contributed by atoms with Crippen LogP contribution in [0.4, 0.5) is 5.69 Å². The third-order valence-electron chi connectivity index (χ3n) is 5.32. The van der Waals surface area contributed by atoms with Gasteiger partial charge in [0.15, 0.2) is 5.54 Å². The molecule has 0 spiro atoms. The van der Waals surface area contributed by atoms with Gasteiger partial charge in [-0.1, -0.05) is 72.8 Å². The minimum absolute atomic E-state index is 0.205. The number of carboxylic acid groups (broad SMARTS) is 1. The normalized spacial score (nSPS) is 11.4. The lowest BCUT2D eigenvalue weighted by molar-refractivity contribution is 0.0697. The summed E-state index contributed by atoms with van der Waals surface area (Å²) in [6.07, 6.45) is 0. The van der Waals surface area contributed by atoms with Gasteiger partial charge < -0.3 is 9.84 Å². The van der Waals surface area contributed by atoms with Crippen molar-refractivity contribution in [3.63, 3.8) is 0 Å². The number of hydrogen-bond donors (Lipinski definition) is 1. The van der Waals surface area contributed by atoms with Crippen LogP contribution in [0.5, 0.6) is 5.75 Å². The van der Waals surface area contributed by atoms with E-state index in [-0.39, 0.29) is 5.56 Å². The zero-order valence-electron chi connectivity index (χ0n) is 17.6. The summed E-state index contributed by atoms with van der Waals surface area (Å²) in [6, 6.07) is 34.1. The van der Waals surface area contributed by atoms with Gasteiger partial charge in [0, 0.05) is 0 Å².